The van der Waals surface area contributed by atoms with E-state index in [9.17, 15) is 9.18 Å². The lowest BCUT2D eigenvalue weighted by atomic mass is 10.0. The monoisotopic (exact) mass is 434 g/mol. The average molecular weight is 435 g/mol. The molecular formula is C21H25FN6OS. The van der Waals surface area contributed by atoms with E-state index in [1.165, 1.54) is 16.2 Å². The fourth-order valence-corrected chi connectivity index (χ4v) is 4.14. The number of nitrogens with one attached hydrogen (secondary N) is 1. The third-order valence-electron chi connectivity index (χ3n) is 4.98. The van der Waals surface area contributed by atoms with Crippen molar-refractivity contribution in [3.05, 3.63) is 35.1 Å². The van der Waals surface area contributed by atoms with E-state index in [0.29, 0.717) is 21.9 Å². The number of likely N-dealkylation sites (tertiary alicyclic amines) is 1. The highest BCUT2D eigenvalue weighted by molar-refractivity contribution is 7.14. The standard InChI is InChI=1S/C21H25FN6OS/c1-12(2)24-17-6-7-28(11-16(17)22)20(29)9-15-8-19-14(10-23-15)4-5-18(25-19)21-27-26-13(3)30-21/h4-5,8,10,12,16-17,24H,6-7,9,11H2,1-3H3/t16-,17-/m0/s1/i1D3,2D3. The molecule has 1 saturated heterocycles. The van der Waals surface area contributed by atoms with Crippen LogP contribution >= 0.6 is 11.3 Å². The zero-order chi connectivity index (χ0) is 26.3. The van der Waals surface area contributed by atoms with Crippen LogP contribution in [0.15, 0.2) is 24.4 Å². The molecule has 0 aromatic carbocycles. The minimum atomic E-state index is -2.82. The zero-order valence-electron chi connectivity index (χ0n) is 22.3. The molecule has 0 aliphatic carbocycles. The first-order valence-electron chi connectivity index (χ1n) is 12.6. The molecule has 0 unspecified atom stereocenters. The Labute approximate surface area is 187 Å². The van der Waals surface area contributed by atoms with E-state index in [1.54, 1.807) is 12.3 Å². The maximum absolute atomic E-state index is 14.9. The maximum Gasteiger partial charge on any atom is 0.228 e. The predicted molar refractivity (Wildman–Crippen MR) is 115 cm³/mol. The first-order chi connectivity index (χ1) is 16.8. The number of fused-ring (bicyclic) bond motifs is 1. The third kappa shape index (κ3) is 4.62. The van der Waals surface area contributed by atoms with Crippen LogP contribution in [0, 0.1) is 6.92 Å². The van der Waals surface area contributed by atoms with Crippen molar-refractivity contribution < 1.29 is 17.4 Å². The number of hydrogen-bond acceptors (Lipinski definition) is 7. The van der Waals surface area contributed by atoms with Crippen LogP contribution in [0.4, 0.5) is 4.39 Å². The normalized spacial score (nSPS) is 23.4. The van der Waals surface area contributed by atoms with Crippen LogP contribution in [0.3, 0.4) is 0 Å². The first kappa shape index (κ1) is 14.5. The summed E-state index contributed by atoms with van der Waals surface area (Å²) >= 11 is 1.43. The number of pyridine rings is 2. The number of aryl methyl sites for hydroxylation is 1. The molecule has 0 spiro atoms. The highest BCUT2D eigenvalue weighted by Gasteiger charge is 2.31. The van der Waals surface area contributed by atoms with Gasteiger partial charge in [0.1, 0.15) is 16.9 Å². The minimum Gasteiger partial charge on any atom is -0.339 e. The fraction of sp³-hybridized carbons (Fsp3) is 0.476. The summed E-state index contributed by atoms with van der Waals surface area (Å²) in [5.41, 5.74) is 1.79. The van der Waals surface area contributed by atoms with Crippen LogP contribution in [0.2, 0.25) is 0 Å². The van der Waals surface area contributed by atoms with Gasteiger partial charge in [-0.2, -0.15) is 0 Å². The molecular weight excluding hydrogens is 403 g/mol. The van der Waals surface area contributed by atoms with Crippen LogP contribution in [0.1, 0.15) is 39.1 Å². The smallest absolute Gasteiger partial charge is 0.228 e. The quantitative estimate of drug-likeness (QED) is 0.665. The summed E-state index contributed by atoms with van der Waals surface area (Å²) in [4.78, 5) is 23.2. The van der Waals surface area contributed by atoms with Crippen molar-refractivity contribution in [1.29, 1.82) is 0 Å². The Morgan fingerprint density at radius 2 is 2.30 bits per heavy atom. The van der Waals surface area contributed by atoms with Crippen molar-refractivity contribution in [2.45, 2.75) is 51.7 Å². The largest absolute Gasteiger partial charge is 0.339 e. The maximum atomic E-state index is 14.9. The van der Waals surface area contributed by atoms with Crippen molar-refractivity contribution in [2.75, 3.05) is 13.1 Å². The molecule has 0 saturated carbocycles. The van der Waals surface area contributed by atoms with Gasteiger partial charge in [0, 0.05) is 38.4 Å². The van der Waals surface area contributed by atoms with Gasteiger partial charge in [0.05, 0.1) is 24.2 Å². The lowest BCUT2D eigenvalue weighted by Gasteiger charge is -2.36. The second-order valence-corrected chi connectivity index (χ2v) is 8.40. The number of aromatic nitrogens is 4. The molecule has 2 atom stereocenters. The summed E-state index contributed by atoms with van der Waals surface area (Å²) < 4.78 is 59.8. The number of carbonyl (C=O) groups excluding carboxylic acids is 1. The van der Waals surface area contributed by atoms with Gasteiger partial charge in [0.2, 0.25) is 5.91 Å². The van der Waals surface area contributed by atoms with E-state index in [2.05, 4.69) is 25.5 Å². The van der Waals surface area contributed by atoms with E-state index >= 15 is 0 Å². The molecule has 1 N–H and O–H groups in total. The van der Waals surface area contributed by atoms with Gasteiger partial charge in [-0.1, -0.05) is 25.0 Å². The summed E-state index contributed by atoms with van der Waals surface area (Å²) in [6, 6.07) is 2.58. The van der Waals surface area contributed by atoms with E-state index in [4.69, 9.17) is 8.22 Å². The van der Waals surface area contributed by atoms with Gasteiger partial charge in [-0.25, -0.2) is 9.37 Å². The molecule has 30 heavy (non-hydrogen) atoms. The van der Waals surface area contributed by atoms with Gasteiger partial charge in [-0.3, -0.25) is 9.78 Å². The number of amides is 1. The summed E-state index contributed by atoms with van der Waals surface area (Å²) in [6.07, 6.45) is 0.0434. The van der Waals surface area contributed by atoms with Gasteiger partial charge in [0.25, 0.3) is 0 Å². The van der Waals surface area contributed by atoms with Gasteiger partial charge in [-0.15, -0.1) is 10.2 Å². The Morgan fingerprint density at radius 3 is 3.03 bits per heavy atom. The van der Waals surface area contributed by atoms with Crippen molar-refractivity contribution in [1.82, 2.24) is 30.4 Å². The molecule has 0 bridgehead atoms. The number of hydrogen-bond donors (Lipinski definition) is 1. The molecule has 0 radical (unpaired) electrons. The number of nitrogens with zero attached hydrogens (tertiary/aromatic N) is 5. The van der Waals surface area contributed by atoms with Crippen molar-refractivity contribution >= 4 is 28.1 Å². The second-order valence-electron chi connectivity index (χ2n) is 7.22. The second kappa shape index (κ2) is 8.69. The van der Waals surface area contributed by atoms with Gasteiger partial charge in [-0.05, 0) is 31.5 Å². The molecule has 1 aliphatic rings. The summed E-state index contributed by atoms with van der Waals surface area (Å²) in [5.74, 6) is -0.331. The molecule has 1 aliphatic heterocycles. The van der Waals surface area contributed by atoms with E-state index in [0.717, 1.165) is 10.4 Å². The fourth-order valence-electron chi connectivity index (χ4n) is 3.47. The molecule has 1 fully saturated rings. The highest BCUT2D eigenvalue weighted by atomic mass is 32.1. The Bertz CT molecular complexity index is 1240. The summed E-state index contributed by atoms with van der Waals surface area (Å²) in [6.45, 7) is -3.88. The molecule has 4 heterocycles. The number of alkyl halides is 1. The van der Waals surface area contributed by atoms with Gasteiger partial charge in [0.15, 0.2) is 5.01 Å². The lowest BCUT2D eigenvalue weighted by Crippen LogP contribution is -2.54. The molecule has 7 nitrogen and oxygen atoms in total. The third-order valence-corrected chi connectivity index (χ3v) is 5.84. The molecule has 4 rings (SSSR count). The van der Waals surface area contributed by atoms with E-state index < -0.39 is 32.0 Å². The van der Waals surface area contributed by atoms with Crippen LogP contribution in [-0.4, -0.2) is 62.3 Å². The summed E-state index contributed by atoms with van der Waals surface area (Å²) in [7, 11) is 0. The first-order valence-corrected chi connectivity index (χ1v) is 10.4. The van der Waals surface area contributed by atoms with Crippen LogP contribution in [0.5, 0.6) is 0 Å². The SMILES string of the molecule is [2H]C([2H])([2H])C(N[C@H]1CCN(C(=O)Cc2cc3nc(-c4nnc(C)s4)ccc3cn2)C[C@@H]1F)C([2H])([2H])[2H]. The van der Waals surface area contributed by atoms with E-state index in [-0.39, 0.29) is 31.8 Å². The topological polar surface area (TPSA) is 83.9 Å². The molecule has 3 aromatic heterocycles. The van der Waals surface area contributed by atoms with Crippen LogP contribution < -0.4 is 5.32 Å². The van der Waals surface area contributed by atoms with Crippen molar-refractivity contribution in [2.24, 2.45) is 0 Å². The van der Waals surface area contributed by atoms with Crippen LogP contribution in [-0.2, 0) is 11.2 Å². The number of rotatable bonds is 5. The zero-order valence-corrected chi connectivity index (χ0v) is 17.1. The highest BCUT2D eigenvalue weighted by Crippen LogP contribution is 2.24. The Hall–Kier alpha value is -2.52. The minimum absolute atomic E-state index is 0.0578. The van der Waals surface area contributed by atoms with Crippen molar-refractivity contribution in [3.63, 3.8) is 0 Å². The van der Waals surface area contributed by atoms with Crippen molar-refractivity contribution in [3.8, 4) is 10.7 Å². The Balaban J connectivity index is 1.41. The molecule has 1 amide bonds. The van der Waals surface area contributed by atoms with E-state index in [1.807, 2.05) is 19.1 Å². The molecule has 158 valence electrons. The van der Waals surface area contributed by atoms with Crippen LogP contribution in [0.25, 0.3) is 21.6 Å². The lowest BCUT2D eigenvalue weighted by molar-refractivity contribution is -0.133. The van der Waals surface area contributed by atoms with Gasteiger partial charge < -0.3 is 10.2 Å². The molecule has 9 heteroatoms. The number of piperidine rings is 1. The number of halogens is 1. The predicted octanol–water partition coefficient (Wildman–Crippen LogP) is 2.94. The molecule has 3 aromatic rings. The average Bonchev–Trinajstić information content (AvgIpc) is 3.22. The summed E-state index contributed by atoms with van der Waals surface area (Å²) in [5, 5.41) is 12.9. The Morgan fingerprint density at radius 1 is 1.43 bits per heavy atom. The van der Waals surface area contributed by atoms with Gasteiger partial charge >= 0.3 is 0 Å². The number of carbonyl (C=O) groups is 1. The Kier molecular flexibility index (Phi) is 4.19.